The van der Waals surface area contributed by atoms with E-state index in [1.54, 1.807) is 77.9 Å². The van der Waals surface area contributed by atoms with Gasteiger partial charge >= 0.3 is 36.9 Å². The summed E-state index contributed by atoms with van der Waals surface area (Å²) in [4.78, 5) is 126. The molecule has 3 aromatic rings. The third kappa shape index (κ3) is 8.80. The third-order valence-electron chi connectivity index (χ3n) is 9.95. The second-order valence-electron chi connectivity index (χ2n) is 15.6. The Morgan fingerprint density at radius 3 is 0.780 bits per heavy atom. The van der Waals surface area contributed by atoms with Crippen molar-refractivity contribution in [1.82, 2.24) is 14.7 Å². The van der Waals surface area contributed by atoms with Gasteiger partial charge in [-0.15, -0.1) is 0 Å². The molecule has 0 N–H and O–H groups in total. The van der Waals surface area contributed by atoms with Crippen LogP contribution in [0.2, 0.25) is 0 Å². The van der Waals surface area contributed by atoms with Crippen LogP contribution in [0.4, 0.5) is 0 Å². The van der Waals surface area contributed by atoms with Crippen molar-refractivity contribution < 1.29 is 86.7 Å². The fourth-order valence-corrected chi connectivity index (χ4v) is 7.33. The summed E-state index contributed by atoms with van der Waals surface area (Å²) in [6, 6.07) is 13.1. The first-order valence-electron chi connectivity index (χ1n) is 19.0. The molecule has 0 aromatic heterocycles. The van der Waals surface area contributed by atoms with Crippen LogP contribution in [0.3, 0.4) is 0 Å². The summed E-state index contributed by atoms with van der Waals surface area (Å²) >= 11 is 0. The first-order chi connectivity index (χ1) is 27.5. The summed E-state index contributed by atoms with van der Waals surface area (Å²) in [5.74, 6) is -9.48. The van der Waals surface area contributed by atoms with Crippen molar-refractivity contribution in [2.45, 2.75) is 78.9 Å². The second-order valence-corrected chi connectivity index (χ2v) is 15.6. The summed E-state index contributed by atoms with van der Waals surface area (Å²) in [7, 11) is -2.55. The molecule has 1 radical (unpaired) electrons. The van der Waals surface area contributed by atoms with E-state index in [2.05, 4.69) is 0 Å². The molecule has 3 heterocycles. The van der Waals surface area contributed by atoms with Crippen LogP contribution in [0.5, 0.6) is 0 Å². The second kappa shape index (κ2) is 18.2. The van der Waals surface area contributed by atoms with Crippen molar-refractivity contribution >= 4 is 60.7 Å². The van der Waals surface area contributed by atoms with Gasteiger partial charge in [-0.1, -0.05) is 77.9 Å². The van der Waals surface area contributed by atoms with Gasteiger partial charge in [0.25, 0.3) is 53.4 Å². The average molecular weight is 815 g/mol. The Labute approximate surface area is 363 Å². The van der Waals surface area contributed by atoms with E-state index in [0.29, 0.717) is 0 Å². The SMILES string of the molecule is CC(C)C[C@@H](C(=O)O[B-](OC(=O)[C@H](CC(C)C)N1C(=O)c2ccccc2C1=O)OC(=O)[C@H](CC(C)C)N1C(=O)c2ccccc2C1=O)N1C(=O)c2ccccc2C1=O.[Na+]. The van der Waals surface area contributed by atoms with Gasteiger partial charge in [0.15, 0.2) is 0 Å². The maximum atomic E-state index is 14.2. The van der Waals surface area contributed by atoms with Gasteiger partial charge in [-0.25, -0.2) is 0 Å². The number of carbonyl (C=O) groups excluding carboxylic acids is 9. The monoisotopic (exact) mass is 814 g/mol. The third-order valence-corrected chi connectivity index (χ3v) is 9.95. The van der Waals surface area contributed by atoms with Gasteiger partial charge in [-0.3, -0.25) is 57.9 Å². The molecular formula is C42H42BN3NaO12. The largest absolute Gasteiger partial charge is 1.00 e. The van der Waals surface area contributed by atoms with Crippen LogP contribution >= 0.6 is 0 Å². The molecule has 3 aliphatic heterocycles. The van der Waals surface area contributed by atoms with Crippen LogP contribution in [-0.2, 0) is 28.3 Å². The standard InChI is InChI=1S/C42H42BN3O12.Na/c1-22(2)19-31(44-34(47)25-13-7-8-14-26(25)35(44)48)40(53)56-43(57-41(54)32(20-23(3)4)45-36(49)27-15-9-10-16-28(27)37(45)50)58-42(55)33(21-24(5)6)46-38(51)29-17-11-12-18-30(29)39(46)52;/h7-18,22-24,31-33H,19-21H2,1-6H3;/q-1;+1/t31-,32-,33-;/m0./s1. The predicted octanol–water partition coefficient (Wildman–Crippen LogP) is 1.74. The summed E-state index contributed by atoms with van der Waals surface area (Å²) in [6.45, 7) is 10.4. The van der Waals surface area contributed by atoms with E-state index in [9.17, 15) is 43.2 Å². The maximum absolute atomic E-state index is 14.2. The van der Waals surface area contributed by atoms with Crippen molar-refractivity contribution in [3.63, 3.8) is 0 Å². The minimum atomic E-state index is -2.55. The summed E-state index contributed by atoms with van der Waals surface area (Å²) in [5.41, 5.74) is 0.324. The zero-order valence-corrected chi connectivity index (χ0v) is 35.8. The summed E-state index contributed by atoms with van der Waals surface area (Å²) < 4.78 is 16.7. The first kappa shape index (κ1) is 44.7. The summed E-state index contributed by atoms with van der Waals surface area (Å²) in [5, 5.41) is 0. The molecule has 0 bridgehead atoms. The molecule has 301 valence electrons. The zero-order valence-electron chi connectivity index (χ0n) is 33.8. The Hall–Kier alpha value is -5.45. The molecule has 3 aromatic carbocycles. The number of benzene rings is 3. The number of amides is 6. The summed E-state index contributed by atoms with van der Waals surface area (Å²) in [6.07, 6.45) is -0.348. The van der Waals surface area contributed by atoms with Crippen molar-refractivity contribution in [3.05, 3.63) is 106 Å². The number of hydrogen-bond acceptors (Lipinski definition) is 12. The minimum absolute atomic E-state index is 0. The van der Waals surface area contributed by atoms with E-state index in [4.69, 9.17) is 14.0 Å². The molecule has 17 heteroatoms. The van der Waals surface area contributed by atoms with Gasteiger partial charge < -0.3 is 14.0 Å². The molecule has 3 atom stereocenters. The molecule has 0 spiro atoms. The van der Waals surface area contributed by atoms with Gasteiger partial charge in [-0.2, -0.15) is 0 Å². The number of rotatable bonds is 15. The Kier molecular flexibility index (Phi) is 13.8. The molecule has 0 saturated carbocycles. The van der Waals surface area contributed by atoms with E-state index >= 15 is 0 Å². The van der Waals surface area contributed by atoms with Gasteiger partial charge in [0.05, 0.1) is 33.4 Å². The quantitative estimate of drug-likeness (QED) is 0.160. The number of imide groups is 3. The smallest absolute Gasteiger partial charge is 0.641 e. The fourth-order valence-electron chi connectivity index (χ4n) is 7.33. The molecule has 3 aliphatic rings. The molecule has 0 saturated heterocycles. The van der Waals surface area contributed by atoms with E-state index in [1.165, 1.54) is 36.4 Å². The van der Waals surface area contributed by atoms with Crippen LogP contribution in [0.15, 0.2) is 72.8 Å². The number of nitrogens with zero attached hydrogens (tertiary/aromatic N) is 3. The van der Waals surface area contributed by atoms with Crippen molar-refractivity contribution in [2.24, 2.45) is 17.8 Å². The van der Waals surface area contributed by atoms with Gasteiger partial charge in [0.1, 0.15) is 18.1 Å². The van der Waals surface area contributed by atoms with Gasteiger partial charge in [0, 0.05) is 0 Å². The van der Waals surface area contributed by atoms with Gasteiger partial charge in [0.2, 0.25) is 0 Å². The van der Waals surface area contributed by atoms with Crippen LogP contribution in [-0.4, -0.2) is 93.5 Å². The van der Waals surface area contributed by atoms with Crippen LogP contribution in [0.1, 0.15) is 123 Å². The van der Waals surface area contributed by atoms with E-state index in [0.717, 1.165) is 14.7 Å². The molecule has 0 fully saturated rings. The number of hydrogen-bond donors (Lipinski definition) is 0. The average Bonchev–Trinajstić information content (AvgIpc) is 3.69. The molecule has 6 amide bonds. The van der Waals surface area contributed by atoms with Crippen molar-refractivity contribution in [3.8, 4) is 0 Å². The van der Waals surface area contributed by atoms with Crippen LogP contribution in [0.25, 0.3) is 0 Å². The zero-order chi connectivity index (χ0) is 42.2. The predicted molar refractivity (Wildman–Crippen MR) is 205 cm³/mol. The van der Waals surface area contributed by atoms with E-state index in [-0.39, 0.29) is 100.0 Å². The minimum Gasteiger partial charge on any atom is -0.641 e. The molecule has 6 rings (SSSR count). The number of fused-ring (bicyclic) bond motifs is 3. The molecule has 59 heavy (non-hydrogen) atoms. The van der Waals surface area contributed by atoms with Crippen LogP contribution < -0.4 is 29.6 Å². The number of carbonyl (C=O) groups is 9. The topological polar surface area (TPSA) is 191 Å². The molecule has 15 nitrogen and oxygen atoms in total. The Balaban J connectivity index is 0.00000661. The van der Waals surface area contributed by atoms with E-state index in [1.807, 2.05) is 0 Å². The Morgan fingerprint density at radius 2 is 0.610 bits per heavy atom. The van der Waals surface area contributed by atoms with E-state index < -0.39 is 78.8 Å². The normalized spacial score (nSPS) is 16.1. The van der Waals surface area contributed by atoms with Crippen molar-refractivity contribution in [2.75, 3.05) is 0 Å². The van der Waals surface area contributed by atoms with Crippen LogP contribution in [0, 0.1) is 17.8 Å². The Bertz CT molecular complexity index is 1890. The first-order valence-corrected chi connectivity index (χ1v) is 19.0. The molecule has 0 aliphatic carbocycles. The Morgan fingerprint density at radius 1 is 0.424 bits per heavy atom. The van der Waals surface area contributed by atoms with Gasteiger partial charge in [-0.05, 0) is 73.4 Å². The van der Waals surface area contributed by atoms with Crippen molar-refractivity contribution in [1.29, 1.82) is 0 Å². The molecule has 0 unspecified atom stereocenters. The maximum Gasteiger partial charge on any atom is 1.00 e. The molecular weight excluding hydrogens is 772 g/mol. The fraction of sp³-hybridized carbons (Fsp3) is 0.357.